The molecule has 0 aromatic heterocycles. The Morgan fingerprint density at radius 3 is 2.45 bits per heavy atom. The Kier molecular flexibility index (Phi) is 3.91. The molecule has 0 spiro atoms. The van der Waals surface area contributed by atoms with Gasteiger partial charge in [-0.05, 0) is 17.5 Å². The summed E-state index contributed by atoms with van der Waals surface area (Å²) in [5.74, 6) is -9.50. The average Bonchev–Trinajstić information content (AvgIpc) is 2.65. The number of carboxylic acid groups (broad SMARTS) is 1. The summed E-state index contributed by atoms with van der Waals surface area (Å²) in [6, 6.07) is 4.44. The average molecular weight is 402 g/mol. The Bertz CT molecular complexity index is 1050. The molecule has 1 aromatic carbocycles. The van der Waals surface area contributed by atoms with Gasteiger partial charge >= 0.3 is 5.97 Å². The van der Waals surface area contributed by atoms with Crippen LogP contribution in [0.5, 0.6) is 5.75 Å². The molecule has 0 unspecified atom stereocenters. The fourth-order valence-electron chi connectivity index (χ4n) is 4.92. The van der Waals surface area contributed by atoms with Gasteiger partial charge in [-0.15, -0.1) is 0 Å². The highest BCUT2D eigenvalue weighted by atomic mass is 16.4. The molecule has 0 heterocycles. The maximum Gasteiger partial charge on any atom is 0.342 e. The topological polar surface area (TPSA) is 173 Å². The lowest BCUT2D eigenvalue weighted by molar-refractivity contribution is -0.161. The number of aromatic hydroxyl groups is 1. The van der Waals surface area contributed by atoms with Crippen molar-refractivity contribution in [3.05, 3.63) is 46.2 Å². The summed E-state index contributed by atoms with van der Waals surface area (Å²) in [5.41, 5.74) is -4.02. The van der Waals surface area contributed by atoms with Crippen molar-refractivity contribution < 1.29 is 45.0 Å². The van der Waals surface area contributed by atoms with Crippen molar-refractivity contribution in [1.82, 2.24) is 0 Å². The molecule has 4 rings (SSSR count). The molecule has 0 amide bonds. The Balaban J connectivity index is 2.02. The Morgan fingerprint density at radius 1 is 1.17 bits per heavy atom. The SMILES string of the molecule is C[C@H]1c2cccc(O)c2C(O)=C2C(=O)[C@]3(O)C(O)=C(C(=O)O)C(=O)C[C@@H]3[C@@H](O)[C@@H]21. The molecule has 1 fully saturated rings. The first kappa shape index (κ1) is 19.2. The van der Waals surface area contributed by atoms with Gasteiger partial charge in [0.25, 0.3) is 0 Å². The van der Waals surface area contributed by atoms with Crippen LogP contribution in [-0.2, 0) is 14.4 Å². The number of hydrogen-bond acceptors (Lipinski definition) is 8. The van der Waals surface area contributed by atoms with E-state index in [2.05, 4.69) is 0 Å². The van der Waals surface area contributed by atoms with E-state index >= 15 is 0 Å². The molecule has 3 aliphatic carbocycles. The lowest BCUT2D eigenvalue weighted by Crippen LogP contribution is -2.63. The second kappa shape index (κ2) is 5.91. The third kappa shape index (κ3) is 2.19. The van der Waals surface area contributed by atoms with E-state index in [0.717, 1.165) is 0 Å². The van der Waals surface area contributed by atoms with Crippen molar-refractivity contribution in [3.8, 4) is 5.75 Å². The van der Waals surface area contributed by atoms with Gasteiger partial charge < -0.3 is 30.6 Å². The summed E-state index contributed by atoms with van der Waals surface area (Å²) in [4.78, 5) is 36.9. The fraction of sp³-hybridized carbons (Fsp3) is 0.350. The van der Waals surface area contributed by atoms with Gasteiger partial charge in [0.15, 0.2) is 17.1 Å². The molecule has 9 heteroatoms. The zero-order valence-electron chi connectivity index (χ0n) is 15.2. The van der Waals surface area contributed by atoms with Crippen LogP contribution in [0, 0.1) is 11.8 Å². The van der Waals surface area contributed by atoms with E-state index in [0.29, 0.717) is 5.56 Å². The molecule has 1 saturated carbocycles. The van der Waals surface area contributed by atoms with Crippen LogP contribution in [-0.4, -0.2) is 59.9 Å². The molecular formula is C20H18O9. The Hall–Kier alpha value is -3.17. The van der Waals surface area contributed by atoms with E-state index in [4.69, 9.17) is 0 Å². The van der Waals surface area contributed by atoms with Crippen molar-refractivity contribution >= 4 is 23.3 Å². The summed E-state index contributed by atoms with van der Waals surface area (Å²) in [6.45, 7) is 1.65. The first-order valence-electron chi connectivity index (χ1n) is 8.94. The van der Waals surface area contributed by atoms with Crippen LogP contribution in [0.3, 0.4) is 0 Å². The van der Waals surface area contributed by atoms with Crippen molar-refractivity contribution in [3.63, 3.8) is 0 Å². The van der Waals surface area contributed by atoms with Gasteiger partial charge in [-0.2, -0.15) is 0 Å². The zero-order chi connectivity index (χ0) is 21.4. The van der Waals surface area contributed by atoms with Crippen molar-refractivity contribution in [2.45, 2.75) is 31.0 Å². The maximum absolute atomic E-state index is 13.3. The van der Waals surface area contributed by atoms with Gasteiger partial charge in [0, 0.05) is 23.8 Å². The van der Waals surface area contributed by atoms with E-state index in [1.54, 1.807) is 13.0 Å². The summed E-state index contributed by atoms with van der Waals surface area (Å²) >= 11 is 0. The number of fused-ring (bicyclic) bond motifs is 3. The summed E-state index contributed by atoms with van der Waals surface area (Å²) < 4.78 is 0. The molecule has 3 aliphatic rings. The zero-order valence-corrected chi connectivity index (χ0v) is 15.2. The molecule has 0 radical (unpaired) electrons. The molecule has 152 valence electrons. The first-order chi connectivity index (χ1) is 13.5. The van der Waals surface area contributed by atoms with Gasteiger partial charge in [-0.3, -0.25) is 9.59 Å². The van der Waals surface area contributed by atoms with E-state index in [-0.39, 0.29) is 11.3 Å². The van der Waals surface area contributed by atoms with E-state index in [9.17, 15) is 45.0 Å². The third-order valence-corrected chi connectivity index (χ3v) is 6.33. The highest BCUT2D eigenvalue weighted by Gasteiger charge is 2.65. The summed E-state index contributed by atoms with van der Waals surface area (Å²) in [7, 11) is 0. The molecule has 0 bridgehead atoms. The fourth-order valence-corrected chi connectivity index (χ4v) is 4.92. The number of benzene rings is 1. The number of aliphatic carboxylic acids is 1. The van der Waals surface area contributed by atoms with Gasteiger partial charge in [0.05, 0.1) is 11.7 Å². The van der Waals surface area contributed by atoms with Crippen LogP contribution in [0.2, 0.25) is 0 Å². The number of hydrogen-bond donors (Lipinski definition) is 6. The van der Waals surface area contributed by atoms with Crippen LogP contribution >= 0.6 is 0 Å². The molecular weight excluding hydrogens is 384 g/mol. The van der Waals surface area contributed by atoms with Gasteiger partial charge in [-0.25, -0.2) is 4.79 Å². The molecule has 0 saturated heterocycles. The van der Waals surface area contributed by atoms with Gasteiger partial charge in [0.1, 0.15) is 17.1 Å². The normalized spacial score (nSPS) is 33.9. The number of carboxylic acids is 1. The summed E-state index contributed by atoms with van der Waals surface area (Å²) in [5, 5.41) is 62.6. The van der Waals surface area contributed by atoms with Gasteiger partial charge in [0.2, 0.25) is 5.78 Å². The Morgan fingerprint density at radius 2 is 1.83 bits per heavy atom. The molecule has 0 aliphatic heterocycles. The third-order valence-electron chi connectivity index (χ3n) is 6.33. The molecule has 29 heavy (non-hydrogen) atoms. The minimum atomic E-state index is -2.89. The van der Waals surface area contributed by atoms with Crippen molar-refractivity contribution in [2.75, 3.05) is 0 Å². The smallest absolute Gasteiger partial charge is 0.342 e. The van der Waals surface area contributed by atoms with Crippen molar-refractivity contribution in [2.24, 2.45) is 11.8 Å². The number of Topliss-reactive ketones (excluding diaryl/α,β-unsaturated/α-hetero) is 2. The van der Waals surface area contributed by atoms with Crippen LogP contribution in [0.4, 0.5) is 0 Å². The van der Waals surface area contributed by atoms with Crippen LogP contribution in [0.15, 0.2) is 35.1 Å². The van der Waals surface area contributed by atoms with Crippen LogP contribution in [0.25, 0.3) is 5.76 Å². The number of carbonyl (C=O) groups excluding carboxylic acids is 2. The standard InChI is InChI=1S/C20H18O9/c1-6-7-3-2-4-9(21)12(7)16(24)14-11(6)15(23)8-5-10(22)13(19(27)28)17(25)20(8,29)18(14)26/h2-4,6,8,11,15,21,23-25,29H,5H2,1H3,(H,27,28)/t6-,8+,11+,15+,20+/m0/s1. The van der Waals surface area contributed by atoms with Crippen LogP contribution in [0.1, 0.15) is 30.4 Å². The monoisotopic (exact) mass is 402 g/mol. The summed E-state index contributed by atoms with van der Waals surface area (Å²) in [6.07, 6.45) is -2.22. The second-order valence-corrected chi connectivity index (χ2v) is 7.67. The van der Waals surface area contributed by atoms with Crippen molar-refractivity contribution in [1.29, 1.82) is 0 Å². The number of rotatable bonds is 1. The number of aliphatic hydroxyl groups excluding tert-OH is 3. The van der Waals surface area contributed by atoms with E-state index < -0.39 is 76.1 Å². The predicted molar refractivity (Wildman–Crippen MR) is 95.9 cm³/mol. The number of ketones is 2. The Labute approximate surface area is 163 Å². The lowest BCUT2D eigenvalue weighted by atomic mass is 9.55. The lowest BCUT2D eigenvalue weighted by Gasteiger charge is -2.50. The van der Waals surface area contributed by atoms with Gasteiger partial charge in [-0.1, -0.05) is 19.1 Å². The number of phenols is 1. The highest BCUT2D eigenvalue weighted by Crippen LogP contribution is 2.55. The molecule has 9 nitrogen and oxygen atoms in total. The number of carbonyl (C=O) groups is 3. The minimum absolute atomic E-state index is 0.0392. The van der Waals surface area contributed by atoms with Crippen LogP contribution < -0.4 is 0 Å². The predicted octanol–water partition coefficient (Wildman–Crippen LogP) is 0.555. The number of phenolic OH excluding ortho intramolecular Hbond substituents is 1. The maximum atomic E-state index is 13.3. The molecule has 5 atom stereocenters. The second-order valence-electron chi connectivity index (χ2n) is 7.67. The largest absolute Gasteiger partial charge is 0.508 e. The van der Waals surface area contributed by atoms with E-state index in [1.807, 2.05) is 0 Å². The molecule has 1 aromatic rings. The highest BCUT2D eigenvalue weighted by molar-refractivity contribution is 6.21. The minimum Gasteiger partial charge on any atom is -0.508 e. The van der Waals surface area contributed by atoms with E-state index in [1.165, 1.54) is 12.1 Å². The first-order valence-corrected chi connectivity index (χ1v) is 8.94. The molecule has 6 N–H and O–H groups in total. The number of aliphatic hydroxyl groups is 4. The quantitative estimate of drug-likeness (QED) is 0.367.